The van der Waals surface area contributed by atoms with Crippen molar-refractivity contribution >= 4 is 17.9 Å². The average molecular weight is 298 g/mol. The van der Waals surface area contributed by atoms with E-state index in [0.717, 1.165) is 0 Å². The number of aromatic nitrogens is 3. The van der Waals surface area contributed by atoms with Crippen molar-refractivity contribution in [3.63, 3.8) is 0 Å². The molecule has 1 heterocycles. The Morgan fingerprint density at radius 3 is 2.62 bits per heavy atom. The van der Waals surface area contributed by atoms with Gasteiger partial charge in [-0.1, -0.05) is 0 Å². The Kier molecular flexibility index (Phi) is 5.64. The van der Waals surface area contributed by atoms with Gasteiger partial charge in [0, 0.05) is 13.5 Å². The molecule has 0 bridgehead atoms. The molecule has 0 saturated carbocycles. The maximum atomic E-state index is 11.9. The predicted molar refractivity (Wildman–Crippen MR) is 71.0 cm³/mol. The molecule has 1 rings (SSSR count). The van der Waals surface area contributed by atoms with Crippen molar-refractivity contribution in [3.8, 4) is 0 Å². The zero-order valence-corrected chi connectivity index (χ0v) is 11.8. The predicted octanol–water partition coefficient (Wildman–Crippen LogP) is -1.03. The van der Waals surface area contributed by atoms with E-state index >= 15 is 0 Å². The van der Waals surface area contributed by atoms with Crippen LogP contribution < -0.4 is 11.1 Å². The summed E-state index contributed by atoms with van der Waals surface area (Å²) in [6.07, 6.45) is -0.189. The van der Waals surface area contributed by atoms with Crippen LogP contribution in [0.3, 0.4) is 0 Å². The number of carboxylic acid groups (broad SMARTS) is 1. The SMILES string of the molecule is Cc1nc(CN(C)C(=O)NC(CCC(N)=O)C(=O)O)n[nH]1. The zero-order valence-electron chi connectivity index (χ0n) is 11.8. The second-order valence-electron chi connectivity index (χ2n) is 4.54. The molecule has 5 N–H and O–H groups in total. The smallest absolute Gasteiger partial charge is 0.326 e. The lowest BCUT2D eigenvalue weighted by molar-refractivity contribution is -0.139. The van der Waals surface area contributed by atoms with Gasteiger partial charge in [-0.3, -0.25) is 9.89 Å². The lowest BCUT2D eigenvalue weighted by atomic mass is 10.1. The second-order valence-corrected chi connectivity index (χ2v) is 4.54. The highest BCUT2D eigenvalue weighted by Crippen LogP contribution is 2.01. The third-order valence-corrected chi connectivity index (χ3v) is 2.64. The molecule has 0 aromatic carbocycles. The largest absolute Gasteiger partial charge is 0.480 e. The Labute approximate surface area is 120 Å². The van der Waals surface area contributed by atoms with E-state index in [1.54, 1.807) is 6.92 Å². The Morgan fingerprint density at radius 1 is 1.48 bits per heavy atom. The van der Waals surface area contributed by atoms with Crippen LogP contribution in [0.15, 0.2) is 0 Å². The Balaban J connectivity index is 2.55. The molecule has 10 heteroatoms. The standard InChI is InChI=1S/C11H18N6O4/c1-6-13-9(16-15-6)5-17(2)11(21)14-7(10(19)20)3-4-8(12)18/h7H,3-5H2,1-2H3,(H2,12,18)(H,14,21)(H,19,20)(H,13,15,16). The summed E-state index contributed by atoms with van der Waals surface area (Å²) in [5.41, 5.74) is 4.96. The number of aromatic amines is 1. The molecule has 1 aromatic heterocycles. The topological polar surface area (TPSA) is 154 Å². The number of carbonyl (C=O) groups is 3. The normalized spacial score (nSPS) is 11.7. The Hall–Kier alpha value is -2.65. The number of hydrogen-bond donors (Lipinski definition) is 4. The van der Waals surface area contributed by atoms with Crippen LogP contribution in [0.25, 0.3) is 0 Å². The van der Waals surface area contributed by atoms with Gasteiger partial charge in [0.2, 0.25) is 5.91 Å². The van der Waals surface area contributed by atoms with Crippen LogP contribution in [-0.2, 0) is 16.1 Å². The van der Waals surface area contributed by atoms with E-state index in [9.17, 15) is 14.4 Å². The number of hydrogen-bond acceptors (Lipinski definition) is 5. The van der Waals surface area contributed by atoms with Gasteiger partial charge in [0.25, 0.3) is 0 Å². The van der Waals surface area contributed by atoms with E-state index in [-0.39, 0.29) is 19.4 Å². The number of aryl methyl sites for hydroxylation is 1. The van der Waals surface area contributed by atoms with Crippen LogP contribution in [0.1, 0.15) is 24.5 Å². The number of primary amides is 1. The molecule has 0 fully saturated rings. The van der Waals surface area contributed by atoms with Crippen molar-refractivity contribution in [2.75, 3.05) is 7.05 Å². The third-order valence-electron chi connectivity index (χ3n) is 2.64. The number of carboxylic acids is 1. The molecular weight excluding hydrogens is 280 g/mol. The van der Waals surface area contributed by atoms with Crippen LogP contribution in [0.4, 0.5) is 4.79 Å². The lowest BCUT2D eigenvalue weighted by Crippen LogP contribution is -2.46. The van der Waals surface area contributed by atoms with Crippen LogP contribution >= 0.6 is 0 Å². The average Bonchev–Trinajstić information content (AvgIpc) is 2.78. The molecule has 1 atom stereocenters. The Morgan fingerprint density at radius 2 is 2.14 bits per heavy atom. The number of urea groups is 1. The van der Waals surface area contributed by atoms with E-state index in [1.165, 1.54) is 11.9 Å². The van der Waals surface area contributed by atoms with Gasteiger partial charge in [-0.05, 0) is 13.3 Å². The fourth-order valence-electron chi connectivity index (χ4n) is 1.55. The van der Waals surface area contributed by atoms with E-state index in [1.807, 2.05) is 0 Å². The summed E-state index contributed by atoms with van der Waals surface area (Å²) >= 11 is 0. The highest BCUT2D eigenvalue weighted by atomic mass is 16.4. The molecule has 0 aliphatic heterocycles. The van der Waals surface area contributed by atoms with Gasteiger partial charge < -0.3 is 21.1 Å². The number of H-pyrrole nitrogens is 1. The Bertz CT molecular complexity index is 529. The molecule has 1 aromatic rings. The van der Waals surface area contributed by atoms with E-state index in [2.05, 4.69) is 20.5 Å². The number of amides is 3. The molecule has 0 aliphatic carbocycles. The molecular formula is C11H18N6O4. The van der Waals surface area contributed by atoms with E-state index < -0.39 is 23.9 Å². The zero-order chi connectivity index (χ0) is 16.0. The minimum Gasteiger partial charge on any atom is -0.480 e. The third kappa shape index (κ3) is 5.47. The first kappa shape index (κ1) is 16.4. The summed E-state index contributed by atoms with van der Waals surface area (Å²) in [4.78, 5) is 38.9. The first-order valence-corrected chi connectivity index (χ1v) is 6.20. The van der Waals surface area contributed by atoms with Gasteiger partial charge in [-0.15, -0.1) is 0 Å². The monoisotopic (exact) mass is 298 g/mol. The molecule has 3 amide bonds. The van der Waals surface area contributed by atoms with Gasteiger partial charge in [0.15, 0.2) is 5.82 Å². The number of carbonyl (C=O) groups excluding carboxylic acids is 2. The number of nitrogens with two attached hydrogens (primary N) is 1. The molecule has 10 nitrogen and oxygen atoms in total. The summed E-state index contributed by atoms with van der Waals surface area (Å²) in [6, 6.07) is -1.78. The summed E-state index contributed by atoms with van der Waals surface area (Å²) in [7, 11) is 1.48. The van der Waals surface area contributed by atoms with Crippen molar-refractivity contribution < 1.29 is 19.5 Å². The summed E-state index contributed by atoms with van der Waals surface area (Å²) in [5, 5.41) is 17.8. The number of rotatable bonds is 7. The molecule has 0 radical (unpaired) electrons. The minimum atomic E-state index is -1.23. The van der Waals surface area contributed by atoms with Crippen molar-refractivity contribution in [1.29, 1.82) is 0 Å². The molecule has 1 unspecified atom stereocenters. The van der Waals surface area contributed by atoms with Gasteiger partial charge in [0.05, 0.1) is 6.54 Å². The molecule has 0 saturated heterocycles. The maximum Gasteiger partial charge on any atom is 0.326 e. The minimum absolute atomic E-state index is 0.0655. The summed E-state index contributed by atoms with van der Waals surface area (Å²) < 4.78 is 0. The summed E-state index contributed by atoms with van der Waals surface area (Å²) in [5.74, 6) is -0.829. The fourth-order valence-corrected chi connectivity index (χ4v) is 1.55. The van der Waals surface area contributed by atoms with Crippen LogP contribution in [-0.4, -0.2) is 56.2 Å². The quantitative estimate of drug-likeness (QED) is 0.504. The molecule has 21 heavy (non-hydrogen) atoms. The highest BCUT2D eigenvalue weighted by Gasteiger charge is 2.22. The number of aliphatic carboxylic acids is 1. The van der Waals surface area contributed by atoms with Crippen molar-refractivity contribution in [1.82, 2.24) is 25.4 Å². The van der Waals surface area contributed by atoms with E-state index in [0.29, 0.717) is 11.6 Å². The van der Waals surface area contributed by atoms with Crippen LogP contribution in [0, 0.1) is 6.92 Å². The highest BCUT2D eigenvalue weighted by molar-refractivity contribution is 5.83. The maximum absolute atomic E-state index is 11.9. The van der Waals surface area contributed by atoms with Gasteiger partial charge >= 0.3 is 12.0 Å². The van der Waals surface area contributed by atoms with Gasteiger partial charge in [-0.25, -0.2) is 14.6 Å². The number of nitrogens with zero attached hydrogens (tertiary/aromatic N) is 3. The van der Waals surface area contributed by atoms with Crippen molar-refractivity contribution in [2.24, 2.45) is 5.73 Å². The lowest BCUT2D eigenvalue weighted by Gasteiger charge is -2.20. The van der Waals surface area contributed by atoms with Crippen molar-refractivity contribution in [2.45, 2.75) is 32.4 Å². The number of nitrogens with one attached hydrogen (secondary N) is 2. The fraction of sp³-hybridized carbons (Fsp3) is 0.545. The summed E-state index contributed by atoms with van der Waals surface area (Å²) in [6.45, 7) is 1.85. The van der Waals surface area contributed by atoms with E-state index in [4.69, 9.17) is 10.8 Å². The first-order chi connectivity index (χ1) is 9.79. The molecule has 0 spiro atoms. The van der Waals surface area contributed by atoms with Gasteiger partial charge in [0.1, 0.15) is 11.9 Å². The van der Waals surface area contributed by atoms with Crippen molar-refractivity contribution in [3.05, 3.63) is 11.6 Å². The van der Waals surface area contributed by atoms with Gasteiger partial charge in [-0.2, -0.15) is 5.10 Å². The molecule has 116 valence electrons. The first-order valence-electron chi connectivity index (χ1n) is 6.20. The van der Waals surface area contributed by atoms with Crippen LogP contribution in [0.2, 0.25) is 0 Å². The van der Waals surface area contributed by atoms with Crippen LogP contribution in [0.5, 0.6) is 0 Å². The molecule has 0 aliphatic rings. The second kappa shape index (κ2) is 7.22.